The highest BCUT2D eigenvalue weighted by Crippen LogP contribution is 2.35. The van der Waals surface area contributed by atoms with Crippen molar-refractivity contribution in [1.82, 2.24) is 0 Å². The minimum absolute atomic E-state index is 0.167. The number of rotatable bonds is 3. The van der Waals surface area contributed by atoms with Crippen LogP contribution in [0.2, 0.25) is 0 Å². The maximum atomic E-state index is 6.17. The summed E-state index contributed by atoms with van der Waals surface area (Å²) >= 11 is 5.24. The van der Waals surface area contributed by atoms with Crippen molar-refractivity contribution in [2.24, 2.45) is 5.73 Å². The molecular weight excluding hydrogens is 322 g/mol. The van der Waals surface area contributed by atoms with E-state index in [0.717, 1.165) is 29.5 Å². The fraction of sp³-hybridized carbons (Fsp3) is 0.333. The molecular formula is C15H16BrNOS. The Morgan fingerprint density at radius 3 is 3.05 bits per heavy atom. The van der Waals surface area contributed by atoms with Crippen molar-refractivity contribution in [3.8, 4) is 5.75 Å². The van der Waals surface area contributed by atoms with Gasteiger partial charge < -0.3 is 10.5 Å². The van der Waals surface area contributed by atoms with Crippen molar-refractivity contribution in [3.63, 3.8) is 0 Å². The minimum Gasteiger partial charge on any atom is -0.488 e. The van der Waals surface area contributed by atoms with Crippen molar-refractivity contribution in [2.45, 2.75) is 31.9 Å². The van der Waals surface area contributed by atoms with Crippen LogP contribution in [0.15, 0.2) is 34.1 Å². The molecule has 0 fully saturated rings. The lowest BCUT2D eigenvalue weighted by molar-refractivity contribution is 0.303. The van der Waals surface area contributed by atoms with E-state index in [1.54, 1.807) is 11.3 Å². The number of nitrogens with two attached hydrogens (primary N) is 1. The van der Waals surface area contributed by atoms with Gasteiger partial charge in [0.1, 0.15) is 12.4 Å². The number of thiophene rings is 1. The van der Waals surface area contributed by atoms with Crippen molar-refractivity contribution >= 4 is 27.3 Å². The van der Waals surface area contributed by atoms with E-state index in [-0.39, 0.29) is 6.04 Å². The van der Waals surface area contributed by atoms with E-state index < -0.39 is 0 Å². The number of hydrogen-bond acceptors (Lipinski definition) is 3. The van der Waals surface area contributed by atoms with E-state index in [1.807, 2.05) is 6.07 Å². The fourth-order valence-corrected chi connectivity index (χ4v) is 3.94. The summed E-state index contributed by atoms with van der Waals surface area (Å²) in [6.07, 6.45) is 3.30. The van der Waals surface area contributed by atoms with E-state index in [4.69, 9.17) is 10.5 Å². The van der Waals surface area contributed by atoms with Crippen molar-refractivity contribution in [2.75, 3.05) is 0 Å². The number of benzene rings is 1. The highest BCUT2D eigenvalue weighted by molar-refractivity contribution is 9.10. The second-order valence-electron chi connectivity index (χ2n) is 4.80. The molecule has 3 rings (SSSR count). The van der Waals surface area contributed by atoms with E-state index in [0.29, 0.717) is 6.61 Å². The SMILES string of the molecule is NC1CCCc2c(OCc3sccc3Br)cccc21. The second-order valence-corrected chi connectivity index (χ2v) is 6.66. The van der Waals surface area contributed by atoms with E-state index in [9.17, 15) is 0 Å². The lowest BCUT2D eigenvalue weighted by Crippen LogP contribution is -2.18. The van der Waals surface area contributed by atoms with Crippen LogP contribution in [0.3, 0.4) is 0 Å². The zero-order chi connectivity index (χ0) is 13.2. The Morgan fingerprint density at radius 1 is 1.37 bits per heavy atom. The standard InChI is InChI=1S/C15H16BrNOS/c16-12-7-8-19-15(12)9-18-14-6-2-3-10-11(14)4-1-5-13(10)17/h2-3,6-8,13H,1,4-5,9,17H2. The monoisotopic (exact) mass is 337 g/mol. The molecule has 0 bridgehead atoms. The fourth-order valence-electron chi connectivity index (χ4n) is 2.56. The lowest BCUT2D eigenvalue weighted by Gasteiger charge is -2.24. The first kappa shape index (κ1) is 13.2. The smallest absolute Gasteiger partial charge is 0.124 e. The molecule has 1 heterocycles. The summed E-state index contributed by atoms with van der Waals surface area (Å²) in [7, 11) is 0. The van der Waals surface area contributed by atoms with Crippen LogP contribution < -0.4 is 10.5 Å². The van der Waals surface area contributed by atoms with E-state index in [2.05, 4.69) is 39.5 Å². The maximum absolute atomic E-state index is 6.17. The van der Waals surface area contributed by atoms with Crippen LogP contribution in [0.5, 0.6) is 5.75 Å². The van der Waals surface area contributed by atoms with Gasteiger partial charge in [-0.1, -0.05) is 12.1 Å². The van der Waals surface area contributed by atoms with E-state index >= 15 is 0 Å². The number of hydrogen-bond donors (Lipinski definition) is 1. The summed E-state index contributed by atoms with van der Waals surface area (Å²) in [5, 5.41) is 2.07. The molecule has 100 valence electrons. The highest BCUT2D eigenvalue weighted by atomic mass is 79.9. The Balaban J connectivity index is 1.82. The predicted octanol–water partition coefficient (Wildman–Crippen LogP) is 4.43. The Kier molecular flexibility index (Phi) is 3.91. The third-order valence-electron chi connectivity index (χ3n) is 3.56. The van der Waals surface area contributed by atoms with Gasteiger partial charge in [-0.15, -0.1) is 11.3 Å². The van der Waals surface area contributed by atoms with Crippen LogP contribution in [0.4, 0.5) is 0 Å². The molecule has 1 unspecified atom stereocenters. The Hall–Kier alpha value is -0.840. The molecule has 0 saturated heterocycles. The lowest BCUT2D eigenvalue weighted by atomic mass is 9.88. The summed E-state index contributed by atoms with van der Waals surface area (Å²) in [4.78, 5) is 1.22. The zero-order valence-corrected chi connectivity index (χ0v) is 13.0. The molecule has 1 atom stereocenters. The first-order valence-electron chi connectivity index (χ1n) is 6.47. The van der Waals surface area contributed by atoms with Gasteiger partial charge in [-0.25, -0.2) is 0 Å². The van der Waals surface area contributed by atoms with Crippen LogP contribution >= 0.6 is 27.3 Å². The van der Waals surface area contributed by atoms with Gasteiger partial charge in [-0.2, -0.15) is 0 Å². The number of halogens is 1. The maximum Gasteiger partial charge on any atom is 0.124 e. The van der Waals surface area contributed by atoms with Gasteiger partial charge in [-0.3, -0.25) is 0 Å². The largest absolute Gasteiger partial charge is 0.488 e. The molecule has 1 aliphatic carbocycles. The summed E-state index contributed by atoms with van der Waals surface area (Å²) in [5.41, 5.74) is 8.73. The molecule has 2 N–H and O–H groups in total. The summed E-state index contributed by atoms with van der Waals surface area (Å²) in [6.45, 7) is 0.615. The molecule has 0 spiro atoms. The molecule has 0 saturated carbocycles. The molecule has 1 aromatic heterocycles. The van der Waals surface area contributed by atoms with Crippen LogP contribution in [0, 0.1) is 0 Å². The van der Waals surface area contributed by atoms with Gasteiger partial charge in [-0.05, 0) is 63.8 Å². The first-order valence-corrected chi connectivity index (χ1v) is 8.15. The Labute approximate surface area is 125 Å². The van der Waals surface area contributed by atoms with Crippen molar-refractivity contribution in [1.29, 1.82) is 0 Å². The molecule has 2 aromatic rings. The van der Waals surface area contributed by atoms with Gasteiger partial charge in [0.15, 0.2) is 0 Å². The van der Waals surface area contributed by atoms with Gasteiger partial charge in [0.2, 0.25) is 0 Å². The van der Waals surface area contributed by atoms with Crippen molar-refractivity contribution in [3.05, 3.63) is 50.1 Å². The average molecular weight is 338 g/mol. The molecule has 0 radical (unpaired) electrons. The molecule has 19 heavy (non-hydrogen) atoms. The molecule has 0 aliphatic heterocycles. The predicted molar refractivity (Wildman–Crippen MR) is 82.7 cm³/mol. The van der Waals surface area contributed by atoms with Crippen LogP contribution in [0.1, 0.15) is 34.9 Å². The third-order valence-corrected chi connectivity index (χ3v) is 5.46. The van der Waals surface area contributed by atoms with Crippen LogP contribution in [-0.4, -0.2) is 0 Å². The van der Waals surface area contributed by atoms with Crippen LogP contribution in [0.25, 0.3) is 0 Å². The zero-order valence-electron chi connectivity index (χ0n) is 10.6. The molecule has 1 aromatic carbocycles. The topological polar surface area (TPSA) is 35.2 Å². The van der Waals surface area contributed by atoms with Gasteiger partial charge in [0, 0.05) is 10.5 Å². The molecule has 0 amide bonds. The first-order chi connectivity index (χ1) is 9.25. The Morgan fingerprint density at radius 2 is 2.26 bits per heavy atom. The summed E-state index contributed by atoms with van der Waals surface area (Å²) < 4.78 is 7.13. The normalized spacial score (nSPS) is 18.1. The molecule has 2 nitrogen and oxygen atoms in total. The number of ether oxygens (including phenoxy) is 1. The Bertz CT molecular complexity index is 581. The second kappa shape index (κ2) is 5.65. The molecule has 4 heteroatoms. The third kappa shape index (κ3) is 2.71. The average Bonchev–Trinajstić information content (AvgIpc) is 2.82. The van der Waals surface area contributed by atoms with Gasteiger partial charge in [0.25, 0.3) is 0 Å². The molecule has 1 aliphatic rings. The number of fused-ring (bicyclic) bond motifs is 1. The van der Waals surface area contributed by atoms with Gasteiger partial charge in [0.05, 0.1) is 4.88 Å². The van der Waals surface area contributed by atoms with Crippen LogP contribution in [-0.2, 0) is 13.0 Å². The van der Waals surface area contributed by atoms with E-state index in [1.165, 1.54) is 16.0 Å². The van der Waals surface area contributed by atoms with Gasteiger partial charge >= 0.3 is 0 Å². The summed E-state index contributed by atoms with van der Waals surface area (Å²) in [5.74, 6) is 0.993. The van der Waals surface area contributed by atoms with Crippen molar-refractivity contribution < 1.29 is 4.74 Å². The quantitative estimate of drug-likeness (QED) is 0.899. The highest BCUT2D eigenvalue weighted by Gasteiger charge is 2.19. The minimum atomic E-state index is 0.167. The summed E-state index contributed by atoms with van der Waals surface area (Å²) in [6, 6.07) is 8.45.